The Labute approximate surface area is 288 Å². The zero-order chi connectivity index (χ0) is 36.6. The first-order valence-corrected chi connectivity index (χ1v) is 17.1. The average molecular weight is 683 g/mol. The van der Waals surface area contributed by atoms with Gasteiger partial charge in [-0.1, -0.05) is 59.7 Å². The number of para-hydroxylation sites is 1. The molecule has 6 N–H and O–H groups in total. The van der Waals surface area contributed by atoms with Crippen LogP contribution in [-0.2, 0) is 39.9 Å². The predicted molar refractivity (Wildman–Crippen MR) is 186 cm³/mol. The second-order valence-electron chi connectivity index (χ2n) is 15.1. The molecule has 5 atom stereocenters. The number of carbonyl (C=O) groups excluding carboxylic acids is 6. The van der Waals surface area contributed by atoms with Crippen LogP contribution in [0, 0.1) is 17.8 Å². The standard InChI is InChI=1S/C36H54N6O7/c1-19(2)14-25-31(44)39-27(16-22-18-37-24-13-11-10-12-23(22)24)32(45)40-28(17-29(43)49-36(7,8)9)33(46)38-26(15-20(3)4)34(47)42-30(21(5)6)35(48)41-25/h10-13,18-21,25-28,30,37H,14-17H2,1-9H3,(H,38,46)(H,39,44)(H,40,45)(H,41,48)(H,42,47)/t25-,26-,27+,28+,30+/m0/s1. The lowest BCUT2D eigenvalue weighted by Gasteiger charge is -2.28. The van der Waals surface area contributed by atoms with Gasteiger partial charge >= 0.3 is 5.97 Å². The molecule has 13 heteroatoms. The van der Waals surface area contributed by atoms with Crippen molar-refractivity contribution in [3.05, 3.63) is 36.0 Å². The van der Waals surface area contributed by atoms with Crippen LogP contribution in [0.5, 0.6) is 0 Å². The monoisotopic (exact) mass is 682 g/mol. The van der Waals surface area contributed by atoms with Gasteiger partial charge in [-0.25, -0.2) is 0 Å². The maximum absolute atomic E-state index is 14.1. The summed E-state index contributed by atoms with van der Waals surface area (Å²) < 4.78 is 5.47. The van der Waals surface area contributed by atoms with Crippen LogP contribution >= 0.6 is 0 Å². The number of hydrogen-bond acceptors (Lipinski definition) is 7. The molecule has 5 amide bonds. The number of aromatic nitrogens is 1. The Balaban J connectivity index is 2.12. The second kappa shape index (κ2) is 16.8. The number of esters is 1. The van der Waals surface area contributed by atoms with Gasteiger partial charge in [0.15, 0.2) is 0 Å². The summed E-state index contributed by atoms with van der Waals surface area (Å²) in [6, 6.07) is 1.72. The third-order valence-corrected chi connectivity index (χ3v) is 8.08. The average Bonchev–Trinajstić information content (AvgIpc) is 3.38. The number of fused-ring (bicyclic) bond motifs is 1. The van der Waals surface area contributed by atoms with Crippen molar-refractivity contribution >= 4 is 46.4 Å². The van der Waals surface area contributed by atoms with Crippen molar-refractivity contribution in [3.8, 4) is 0 Å². The zero-order valence-electron chi connectivity index (χ0n) is 30.2. The summed E-state index contributed by atoms with van der Waals surface area (Å²) >= 11 is 0. The van der Waals surface area contributed by atoms with Crippen molar-refractivity contribution in [2.24, 2.45) is 17.8 Å². The number of aromatic amines is 1. The molecule has 0 radical (unpaired) electrons. The van der Waals surface area contributed by atoms with Gasteiger partial charge in [-0.3, -0.25) is 28.8 Å². The molecule has 1 fully saturated rings. The van der Waals surface area contributed by atoms with E-state index in [0.717, 1.165) is 16.5 Å². The predicted octanol–water partition coefficient (Wildman–Crippen LogP) is 2.63. The van der Waals surface area contributed by atoms with E-state index in [1.807, 2.05) is 52.0 Å². The minimum absolute atomic E-state index is 0.0124. The van der Waals surface area contributed by atoms with E-state index in [2.05, 4.69) is 31.6 Å². The molecule has 2 aromatic rings. The van der Waals surface area contributed by atoms with Gasteiger partial charge in [-0.05, 0) is 63.0 Å². The Morgan fingerprint density at radius 3 is 1.76 bits per heavy atom. The minimum atomic E-state index is -1.44. The highest BCUT2D eigenvalue weighted by molar-refractivity contribution is 5.99. The number of benzene rings is 1. The number of hydrogen-bond donors (Lipinski definition) is 6. The molecule has 1 aliphatic heterocycles. The molecule has 0 unspecified atom stereocenters. The fourth-order valence-electron chi connectivity index (χ4n) is 5.76. The van der Waals surface area contributed by atoms with Crippen LogP contribution in [0.2, 0.25) is 0 Å². The lowest BCUT2D eigenvalue weighted by Crippen LogP contribution is -2.59. The van der Waals surface area contributed by atoms with E-state index in [9.17, 15) is 28.8 Å². The van der Waals surface area contributed by atoms with Gasteiger partial charge in [-0.15, -0.1) is 0 Å². The third-order valence-electron chi connectivity index (χ3n) is 8.08. The van der Waals surface area contributed by atoms with Crippen molar-refractivity contribution < 1.29 is 33.5 Å². The Morgan fingerprint density at radius 1 is 0.694 bits per heavy atom. The summed E-state index contributed by atoms with van der Waals surface area (Å²) in [6.07, 6.45) is 1.74. The topological polar surface area (TPSA) is 188 Å². The molecule has 1 saturated heterocycles. The molecular formula is C36H54N6O7. The van der Waals surface area contributed by atoms with Gasteiger partial charge < -0.3 is 36.3 Å². The Morgan fingerprint density at radius 2 is 1.18 bits per heavy atom. The maximum atomic E-state index is 14.1. The Bertz CT molecular complexity index is 1510. The Kier molecular flexibility index (Phi) is 13.4. The van der Waals surface area contributed by atoms with Crippen LogP contribution < -0.4 is 26.6 Å². The quantitative estimate of drug-likeness (QED) is 0.219. The van der Waals surface area contributed by atoms with E-state index in [-0.39, 0.29) is 37.0 Å². The number of rotatable bonds is 9. The van der Waals surface area contributed by atoms with Crippen LogP contribution in [0.1, 0.15) is 87.1 Å². The fourth-order valence-corrected chi connectivity index (χ4v) is 5.76. The van der Waals surface area contributed by atoms with Crippen LogP contribution in [0.25, 0.3) is 10.9 Å². The van der Waals surface area contributed by atoms with Gasteiger partial charge in [-0.2, -0.15) is 0 Å². The number of carbonyl (C=O) groups is 6. The number of H-pyrrole nitrogens is 1. The first-order chi connectivity index (χ1) is 22.8. The van der Waals surface area contributed by atoms with Gasteiger partial charge in [0.25, 0.3) is 0 Å². The summed E-state index contributed by atoms with van der Waals surface area (Å²) in [4.78, 5) is 85.4. The molecular weight excluding hydrogens is 628 g/mol. The highest BCUT2D eigenvalue weighted by atomic mass is 16.6. The van der Waals surface area contributed by atoms with Crippen molar-refractivity contribution in [1.29, 1.82) is 0 Å². The lowest BCUT2D eigenvalue weighted by molar-refractivity contribution is -0.156. The fraction of sp³-hybridized carbons (Fsp3) is 0.611. The van der Waals surface area contributed by atoms with Gasteiger partial charge in [0, 0.05) is 23.5 Å². The summed E-state index contributed by atoms with van der Waals surface area (Å²) in [5.41, 5.74) is 0.708. The molecule has 2 heterocycles. The van der Waals surface area contributed by atoms with Crippen LogP contribution in [0.3, 0.4) is 0 Å². The molecule has 1 aliphatic rings. The van der Waals surface area contributed by atoms with Crippen LogP contribution in [0.4, 0.5) is 0 Å². The molecule has 0 saturated carbocycles. The first kappa shape index (κ1) is 39.0. The smallest absolute Gasteiger partial charge is 0.308 e. The van der Waals surface area contributed by atoms with Crippen LogP contribution in [0.15, 0.2) is 30.5 Å². The highest BCUT2D eigenvalue weighted by Gasteiger charge is 2.37. The number of ether oxygens (including phenoxy) is 1. The Hall–Kier alpha value is -4.42. The van der Waals surface area contributed by atoms with E-state index >= 15 is 0 Å². The first-order valence-electron chi connectivity index (χ1n) is 17.1. The number of amides is 5. The summed E-state index contributed by atoms with van der Waals surface area (Å²) in [5.74, 6) is -4.43. The summed E-state index contributed by atoms with van der Waals surface area (Å²) in [7, 11) is 0. The molecule has 1 aromatic carbocycles. The van der Waals surface area contributed by atoms with Gasteiger partial charge in [0.1, 0.15) is 35.8 Å². The van der Waals surface area contributed by atoms with Crippen molar-refractivity contribution in [2.75, 3.05) is 0 Å². The number of nitrogens with one attached hydrogen (secondary N) is 6. The van der Waals surface area contributed by atoms with E-state index in [1.54, 1.807) is 40.8 Å². The molecule has 3 rings (SSSR count). The highest BCUT2D eigenvalue weighted by Crippen LogP contribution is 2.20. The van der Waals surface area contributed by atoms with E-state index in [4.69, 9.17) is 4.74 Å². The molecule has 13 nitrogen and oxygen atoms in total. The second-order valence-corrected chi connectivity index (χ2v) is 15.1. The normalized spacial score (nSPS) is 23.3. The molecule has 0 spiro atoms. The molecule has 0 bridgehead atoms. The molecule has 270 valence electrons. The summed E-state index contributed by atoms with van der Waals surface area (Å²) in [6.45, 7) is 16.2. The molecule has 49 heavy (non-hydrogen) atoms. The minimum Gasteiger partial charge on any atom is -0.460 e. The lowest BCUT2D eigenvalue weighted by atomic mass is 9.98. The third kappa shape index (κ3) is 11.6. The van der Waals surface area contributed by atoms with Crippen molar-refractivity contribution in [1.82, 2.24) is 31.6 Å². The van der Waals surface area contributed by atoms with Crippen molar-refractivity contribution in [2.45, 2.75) is 124 Å². The van der Waals surface area contributed by atoms with E-state index < -0.39 is 77.7 Å². The molecule has 1 aromatic heterocycles. The zero-order valence-corrected chi connectivity index (χ0v) is 30.2. The summed E-state index contributed by atoms with van der Waals surface area (Å²) in [5, 5.41) is 14.6. The van der Waals surface area contributed by atoms with E-state index in [0.29, 0.717) is 0 Å². The van der Waals surface area contributed by atoms with Crippen LogP contribution in [-0.4, -0.2) is 76.3 Å². The van der Waals surface area contributed by atoms with Gasteiger partial charge in [0.05, 0.1) is 6.42 Å². The SMILES string of the molecule is CC(C)C[C@@H]1NC(=O)[C@@H](CC(=O)OC(C)(C)C)NC(=O)[C@@H](Cc2c[nH]c3ccccc23)NC(=O)[C@H](CC(C)C)NC(=O)[C@@H](C(C)C)NC1=O. The maximum Gasteiger partial charge on any atom is 0.308 e. The van der Waals surface area contributed by atoms with Gasteiger partial charge in [0.2, 0.25) is 29.5 Å². The largest absolute Gasteiger partial charge is 0.460 e. The van der Waals surface area contributed by atoms with E-state index in [1.165, 1.54) is 0 Å². The van der Waals surface area contributed by atoms with Crippen molar-refractivity contribution in [3.63, 3.8) is 0 Å². The molecule has 0 aliphatic carbocycles.